The average Bonchev–Trinajstić information content (AvgIpc) is 3.11. The Balaban J connectivity index is 1.63. The van der Waals surface area contributed by atoms with E-state index >= 15 is 0 Å². The van der Waals surface area contributed by atoms with Crippen molar-refractivity contribution in [3.05, 3.63) is 102 Å². The molecular formula is C29H35N3O. The van der Waals surface area contributed by atoms with Gasteiger partial charge >= 0.3 is 0 Å². The van der Waals surface area contributed by atoms with Crippen molar-refractivity contribution >= 4 is 11.6 Å². The van der Waals surface area contributed by atoms with Gasteiger partial charge in [0.05, 0.1) is 5.69 Å². The van der Waals surface area contributed by atoms with E-state index < -0.39 is 5.41 Å². The van der Waals surface area contributed by atoms with Crippen molar-refractivity contribution in [3.63, 3.8) is 0 Å². The first-order chi connectivity index (χ1) is 16.2. The maximum atomic E-state index is 14.2. The molecular weight excluding hydrogens is 406 g/mol. The second kappa shape index (κ2) is 10.8. The Morgan fingerprint density at radius 2 is 1.48 bits per heavy atom. The van der Waals surface area contributed by atoms with E-state index in [4.69, 9.17) is 0 Å². The van der Waals surface area contributed by atoms with Crippen LogP contribution in [0.3, 0.4) is 0 Å². The Bertz CT molecular complexity index is 1030. The zero-order valence-corrected chi connectivity index (χ0v) is 19.8. The molecule has 0 fully saturated rings. The standard InChI is InChI=1S/C29H35N3O/c1-3-31(4-2)23-13-21-29(25-16-9-6-10-17-25)26-18-11-12-19-27(26)32(28(29)33)30-22-20-24-14-7-5-8-15-24/h5-12,14-19,30H,3-4,13,20-23H2,1-2H3. The molecule has 0 radical (unpaired) electrons. The largest absolute Gasteiger partial charge is 0.304 e. The molecule has 1 N–H and O–H groups in total. The lowest BCUT2D eigenvalue weighted by atomic mass is 9.72. The number of carbonyl (C=O) groups is 1. The number of rotatable bonds is 11. The molecule has 0 saturated heterocycles. The van der Waals surface area contributed by atoms with Gasteiger partial charge in [0.25, 0.3) is 5.91 Å². The molecule has 0 bridgehead atoms. The van der Waals surface area contributed by atoms with Crippen molar-refractivity contribution in [1.82, 2.24) is 10.3 Å². The van der Waals surface area contributed by atoms with Crippen LogP contribution in [0.5, 0.6) is 0 Å². The number of hydrogen-bond donors (Lipinski definition) is 1. The van der Waals surface area contributed by atoms with Crippen LogP contribution in [0, 0.1) is 0 Å². The molecule has 172 valence electrons. The normalized spacial score (nSPS) is 17.5. The Morgan fingerprint density at radius 3 is 2.18 bits per heavy atom. The van der Waals surface area contributed by atoms with Gasteiger partial charge in [-0.25, -0.2) is 10.4 Å². The van der Waals surface area contributed by atoms with Crippen LogP contribution in [0.2, 0.25) is 0 Å². The molecule has 1 unspecified atom stereocenters. The van der Waals surface area contributed by atoms with Crippen molar-refractivity contribution in [2.24, 2.45) is 0 Å². The first kappa shape index (κ1) is 23.2. The quantitative estimate of drug-likeness (QED) is 0.445. The lowest BCUT2D eigenvalue weighted by Gasteiger charge is -2.31. The Morgan fingerprint density at radius 1 is 0.848 bits per heavy atom. The maximum Gasteiger partial charge on any atom is 0.256 e. The van der Waals surface area contributed by atoms with Crippen LogP contribution in [-0.4, -0.2) is 37.0 Å². The molecule has 0 spiro atoms. The summed E-state index contributed by atoms with van der Waals surface area (Å²) in [6, 6.07) is 29.0. The van der Waals surface area contributed by atoms with Gasteiger partial charge in [0.1, 0.15) is 5.41 Å². The monoisotopic (exact) mass is 441 g/mol. The smallest absolute Gasteiger partial charge is 0.256 e. The molecule has 4 rings (SSSR count). The summed E-state index contributed by atoms with van der Waals surface area (Å²) < 4.78 is 0. The van der Waals surface area contributed by atoms with Gasteiger partial charge in [-0.3, -0.25) is 4.79 Å². The zero-order valence-electron chi connectivity index (χ0n) is 19.8. The molecule has 1 amide bonds. The van der Waals surface area contributed by atoms with Crippen LogP contribution in [0.25, 0.3) is 0 Å². The number of carbonyl (C=O) groups excluding carboxylic acids is 1. The van der Waals surface area contributed by atoms with Gasteiger partial charge in [0, 0.05) is 6.54 Å². The molecule has 1 aliphatic rings. The number of amides is 1. The van der Waals surface area contributed by atoms with E-state index in [0.717, 1.165) is 55.7 Å². The fourth-order valence-corrected chi connectivity index (χ4v) is 5.05. The fraction of sp³-hybridized carbons (Fsp3) is 0.345. The van der Waals surface area contributed by atoms with Crippen LogP contribution >= 0.6 is 0 Å². The summed E-state index contributed by atoms with van der Waals surface area (Å²) in [6.07, 6.45) is 2.63. The third-order valence-corrected chi connectivity index (χ3v) is 6.89. The van der Waals surface area contributed by atoms with Crippen molar-refractivity contribution in [2.45, 2.75) is 38.5 Å². The number of hydrazine groups is 1. The Labute approximate surface area is 198 Å². The minimum absolute atomic E-state index is 0.127. The van der Waals surface area contributed by atoms with Gasteiger partial charge in [0.15, 0.2) is 0 Å². The summed E-state index contributed by atoms with van der Waals surface area (Å²) in [6.45, 7) is 8.17. The topological polar surface area (TPSA) is 35.6 Å². The predicted octanol–water partition coefficient (Wildman–Crippen LogP) is 5.19. The Kier molecular flexibility index (Phi) is 7.58. The van der Waals surface area contributed by atoms with Crippen molar-refractivity contribution in [2.75, 3.05) is 31.2 Å². The first-order valence-electron chi connectivity index (χ1n) is 12.2. The molecule has 4 heteroatoms. The molecule has 1 heterocycles. The number of hydrogen-bond acceptors (Lipinski definition) is 3. The zero-order chi connectivity index (χ0) is 23.1. The van der Waals surface area contributed by atoms with E-state index in [-0.39, 0.29) is 5.91 Å². The number of benzene rings is 3. The molecule has 1 aliphatic heterocycles. The van der Waals surface area contributed by atoms with Crippen molar-refractivity contribution in [1.29, 1.82) is 0 Å². The second-order valence-electron chi connectivity index (χ2n) is 8.70. The number of anilines is 1. The number of nitrogens with one attached hydrogen (secondary N) is 1. The van der Waals surface area contributed by atoms with Crippen LogP contribution < -0.4 is 10.4 Å². The van der Waals surface area contributed by atoms with Gasteiger partial charge in [-0.15, -0.1) is 0 Å². The average molecular weight is 442 g/mol. The van der Waals surface area contributed by atoms with Crippen LogP contribution in [0.1, 0.15) is 43.4 Å². The maximum absolute atomic E-state index is 14.2. The molecule has 0 aromatic heterocycles. The molecule has 4 nitrogen and oxygen atoms in total. The van der Waals surface area contributed by atoms with E-state index in [1.165, 1.54) is 5.56 Å². The van der Waals surface area contributed by atoms with Crippen molar-refractivity contribution in [3.8, 4) is 0 Å². The van der Waals surface area contributed by atoms with E-state index in [2.05, 4.69) is 78.8 Å². The van der Waals surface area contributed by atoms with E-state index in [1.54, 1.807) is 0 Å². The number of nitrogens with zero attached hydrogens (tertiary/aromatic N) is 2. The summed E-state index contributed by atoms with van der Waals surface area (Å²) in [5.74, 6) is 0.127. The summed E-state index contributed by atoms with van der Waals surface area (Å²) in [4.78, 5) is 16.6. The van der Waals surface area contributed by atoms with E-state index in [0.29, 0.717) is 6.54 Å². The third kappa shape index (κ3) is 4.73. The lowest BCUT2D eigenvalue weighted by Crippen LogP contribution is -2.48. The molecule has 0 aliphatic carbocycles. The minimum atomic E-state index is -0.662. The van der Waals surface area contributed by atoms with Gasteiger partial charge in [-0.1, -0.05) is 92.7 Å². The predicted molar refractivity (Wildman–Crippen MR) is 136 cm³/mol. The third-order valence-electron chi connectivity index (χ3n) is 6.89. The fourth-order valence-electron chi connectivity index (χ4n) is 5.05. The van der Waals surface area contributed by atoms with Crippen molar-refractivity contribution < 1.29 is 4.79 Å². The van der Waals surface area contributed by atoms with Crippen LogP contribution in [0.15, 0.2) is 84.9 Å². The summed E-state index contributed by atoms with van der Waals surface area (Å²) in [7, 11) is 0. The van der Waals surface area contributed by atoms with Crippen LogP contribution in [-0.2, 0) is 16.6 Å². The summed E-state index contributed by atoms with van der Waals surface area (Å²) >= 11 is 0. The van der Waals surface area contributed by atoms with E-state index in [1.807, 2.05) is 35.3 Å². The molecule has 3 aromatic rings. The first-order valence-corrected chi connectivity index (χ1v) is 12.2. The molecule has 3 aromatic carbocycles. The number of para-hydroxylation sites is 1. The minimum Gasteiger partial charge on any atom is -0.304 e. The van der Waals surface area contributed by atoms with Gasteiger partial charge in [-0.2, -0.15) is 0 Å². The Hall–Kier alpha value is -2.95. The summed E-state index contributed by atoms with van der Waals surface area (Å²) in [5.41, 5.74) is 7.21. The van der Waals surface area contributed by atoms with Gasteiger partial charge in [-0.05, 0) is 61.7 Å². The van der Waals surface area contributed by atoms with E-state index in [9.17, 15) is 4.79 Å². The highest BCUT2D eigenvalue weighted by Gasteiger charge is 2.51. The van der Waals surface area contributed by atoms with Crippen LogP contribution in [0.4, 0.5) is 5.69 Å². The molecule has 1 atom stereocenters. The summed E-state index contributed by atoms with van der Waals surface area (Å²) in [5, 5.41) is 1.81. The van der Waals surface area contributed by atoms with Gasteiger partial charge < -0.3 is 4.90 Å². The highest BCUT2D eigenvalue weighted by molar-refractivity contribution is 6.09. The number of fused-ring (bicyclic) bond motifs is 1. The molecule has 33 heavy (non-hydrogen) atoms. The lowest BCUT2D eigenvalue weighted by molar-refractivity contribution is -0.122. The van der Waals surface area contributed by atoms with Gasteiger partial charge in [0.2, 0.25) is 0 Å². The highest BCUT2D eigenvalue weighted by atomic mass is 16.2. The SMILES string of the molecule is CCN(CC)CCCC1(c2ccccc2)C(=O)N(NCCc2ccccc2)c2ccccc21. The highest BCUT2D eigenvalue weighted by Crippen LogP contribution is 2.48. The second-order valence-corrected chi connectivity index (χ2v) is 8.70. The molecule has 0 saturated carbocycles.